The van der Waals surface area contributed by atoms with Crippen LogP contribution in [0.15, 0.2) is 40.9 Å². The molecule has 0 saturated heterocycles. The van der Waals surface area contributed by atoms with Gasteiger partial charge in [0, 0.05) is 11.4 Å². The molecule has 2 aromatic carbocycles. The lowest BCUT2D eigenvalue weighted by atomic mass is 9.98. The van der Waals surface area contributed by atoms with E-state index < -0.39 is 6.10 Å². The van der Waals surface area contributed by atoms with Gasteiger partial charge in [-0.15, -0.1) is 0 Å². The van der Waals surface area contributed by atoms with Crippen molar-refractivity contribution in [3.05, 3.63) is 62.6 Å². The smallest absolute Gasteiger partial charge is 0.133 e. The number of benzene rings is 2. The van der Waals surface area contributed by atoms with Crippen LogP contribution in [0.5, 0.6) is 5.75 Å². The van der Waals surface area contributed by atoms with Crippen LogP contribution < -0.4 is 4.74 Å². The number of aryl methyl sites for hydroxylation is 1. The van der Waals surface area contributed by atoms with Crippen molar-refractivity contribution in [2.45, 2.75) is 19.4 Å². The Kier molecular flexibility index (Phi) is 5.08. The van der Waals surface area contributed by atoms with Crippen molar-refractivity contribution in [1.82, 2.24) is 0 Å². The fourth-order valence-electron chi connectivity index (χ4n) is 2.14. The predicted octanol–water partition coefficient (Wildman–Crippen LogP) is 4.70. The summed E-state index contributed by atoms with van der Waals surface area (Å²) in [7, 11) is 1.63. The molecular formula is C16H16BrClO2. The number of halogens is 2. The minimum absolute atomic E-state index is 0.532. The summed E-state index contributed by atoms with van der Waals surface area (Å²) in [6, 6.07) is 11.4. The van der Waals surface area contributed by atoms with E-state index in [1.807, 2.05) is 43.3 Å². The summed E-state index contributed by atoms with van der Waals surface area (Å²) in [5.41, 5.74) is 2.93. The highest BCUT2D eigenvalue weighted by Crippen LogP contribution is 2.29. The number of methoxy groups -OCH3 is 1. The molecule has 2 aromatic rings. The third-order valence-corrected chi connectivity index (χ3v) is 4.10. The Morgan fingerprint density at radius 1 is 1.25 bits per heavy atom. The van der Waals surface area contributed by atoms with Gasteiger partial charge in [0.05, 0.1) is 17.7 Å². The molecule has 1 atom stereocenters. The van der Waals surface area contributed by atoms with E-state index in [4.69, 9.17) is 16.3 Å². The first-order valence-corrected chi connectivity index (χ1v) is 7.45. The van der Waals surface area contributed by atoms with Gasteiger partial charge in [-0.1, -0.05) is 23.7 Å². The standard InChI is InChI=1S/C16H16BrClO2/c1-10-3-5-12(18)9-13(10)15(19)8-11-4-6-16(20-2)14(17)7-11/h3-7,9,15,19H,8H2,1-2H3. The van der Waals surface area contributed by atoms with Crippen LogP contribution in [-0.2, 0) is 6.42 Å². The van der Waals surface area contributed by atoms with E-state index in [1.54, 1.807) is 7.11 Å². The van der Waals surface area contributed by atoms with Crippen molar-refractivity contribution in [2.75, 3.05) is 7.11 Å². The molecule has 2 nitrogen and oxygen atoms in total. The summed E-state index contributed by atoms with van der Waals surface area (Å²) in [6.07, 6.45) is -0.0435. The molecule has 0 aromatic heterocycles. The van der Waals surface area contributed by atoms with E-state index >= 15 is 0 Å². The van der Waals surface area contributed by atoms with Gasteiger partial charge in [0.2, 0.25) is 0 Å². The first-order valence-electron chi connectivity index (χ1n) is 6.28. The van der Waals surface area contributed by atoms with Crippen LogP contribution in [0.3, 0.4) is 0 Å². The Morgan fingerprint density at radius 2 is 2.00 bits per heavy atom. The van der Waals surface area contributed by atoms with Gasteiger partial charge in [0.1, 0.15) is 5.75 Å². The second kappa shape index (κ2) is 6.61. The van der Waals surface area contributed by atoms with Crippen LogP contribution in [0.1, 0.15) is 22.8 Å². The molecule has 0 aliphatic rings. The maximum atomic E-state index is 10.4. The number of hydrogen-bond donors (Lipinski definition) is 1. The molecule has 0 heterocycles. The van der Waals surface area contributed by atoms with E-state index in [0.29, 0.717) is 11.4 Å². The molecule has 0 fully saturated rings. The highest BCUT2D eigenvalue weighted by Gasteiger charge is 2.13. The molecule has 106 valence electrons. The summed E-state index contributed by atoms with van der Waals surface area (Å²) in [6.45, 7) is 1.97. The summed E-state index contributed by atoms with van der Waals surface area (Å²) < 4.78 is 6.08. The van der Waals surface area contributed by atoms with Crippen LogP contribution in [0, 0.1) is 6.92 Å². The Morgan fingerprint density at radius 3 is 2.65 bits per heavy atom. The fraction of sp³-hybridized carbons (Fsp3) is 0.250. The molecule has 0 aliphatic heterocycles. The van der Waals surface area contributed by atoms with Gasteiger partial charge in [-0.3, -0.25) is 0 Å². The summed E-state index contributed by atoms with van der Waals surface area (Å²) in [5.74, 6) is 0.780. The average Bonchev–Trinajstić information content (AvgIpc) is 2.41. The molecule has 4 heteroatoms. The second-order valence-electron chi connectivity index (χ2n) is 4.69. The van der Waals surface area contributed by atoms with Gasteiger partial charge >= 0.3 is 0 Å². The topological polar surface area (TPSA) is 29.5 Å². The zero-order valence-electron chi connectivity index (χ0n) is 11.4. The molecule has 2 rings (SSSR count). The van der Waals surface area contributed by atoms with Crippen LogP contribution in [0.2, 0.25) is 5.02 Å². The lowest BCUT2D eigenvalue weighted by Crippen LogP contribution is -2.04. The third-order valence-electron chi connectivity index (χ3n) is 3.25. The predicted molar refractivity (Wildman–Crippen MR) is 85.5 cm³/mol. The molecule has 0 amide bonds. The van der Waals surface area contributed by atoms with Crippen molar-refractivity contribution in [2.24, 2.45) is 0 Å². The fourth-order valence-corrected chi connectivity index (χ4v) is 2.91. The third kappa shape index (κ3) is 3.54. The number of aliphatic hydroxyl groups is 1. The second-order valence-corrected chi connectivity index (χ2v) is 5.98. The van der Waals surface area contributed by atoms with Crippen molar-refractivity contribution in [3.63, 3.8) is 0 Å². The first-order chi connectivity index (χ1) is 9.51. The molecule has 0 bridgehead atoms. The van der Waals surface area contributed by atoms with Crippen LogP contribution in [-0.4, -0.2) is 12.2 Å². The summed E-state index contributed by atoms with van der Waals surface area (Å²) in [4.78, 5) is 0. The molecule has 1 unspecified atom stereocenters. The highest BCUT2D eigenvalue weighted by atomic mass is 79.9. The van der Waals surface area contributed by atoms with Crippen molar-refractivity contribution in [1.29, 1.82) is 0 Å². The summed E-state index contributed by atoms with van der Waals surface area (Å²) >= 11 is 9.45. The maximum Gasteiger partial charge on any atom is 0.133 e. The lowest BCUT2D eigenvalue weighted by molar-refractivity contribution is 0.177. The van der Waals surface area contributed by atoms with Gasteiger partial charge in [-0.05, 0) is 63.8 Å². The normalized spacial score (nSPS) is 12.2. The van der Waals surface area contributed by atoms with E-state index in [1.165, 1.54) is 0 Å². The molecule has 0 radical (unpaired) electrons. The van der Waals surface area contributed by atoms with Gasteiger partial charge in [0.15, 0.2) is 0 Å². The van der Waals surface area contributed by atoms with Gasteiger partial charge in [0.25, 0.3) is 0 Å². The quantitative estimate of drug-likeness (QED) is 0.861. The largest absolute Gasteiger partial charge is 0.496 e. The Balaban J connectivity index is 2.21. The van der Waals surface area contributed by atoms with Gasteiger partial charge < -0.3 is 9.84 Å². The van der Waals surface area contributed by atoms with E-state index in [2.05, 4.69) is 15.9 Å². The SMILES string of the molecule is COc1ccc(CC(O)c2cc(Cl)ccc2C)cc1Br. The van der Waals surface area contributed by atoms with Crippen LogP contribution in [0.4, 0.5) is 0 Å². The van der Waals surface area contributed by atoms with Gasteiger partial charge in [-0.25, -0.2) is 0 Å². The van der Waals surface area contributed by atoms with E-state index in [9.17, 15) is 5.11 Å². The summed E-state index contributed by atoms with van der Waals surface area (Å²) in [5, 5.41) is 11.0. The Bertz CT molecular complexity index is 613. The molecular weight excluding hydrogens is 340 g/mol. The first kappa shape index (κ1) is 15.4. The Hall–Kier alpha value is -1.03. The monoisotopic (exact) mass is 354 g/mol. The highest BCUT2D eigenvalue weighted by molar-refractivity contribution is 9.10. The average molecular weight is 356 g/mol. The minimum atomic E-state index is -0.575. The maximum absolute atomic E-state index is 10.4. The van der Waals surface area contributed by atoms with E-state index in [0.717, 1.165) is 26.9 Å². The van der Waals surface area contributed by atoms with Crippen molar-refractivity contribution < 1.29 is 9.84 Å². The number of aliphatic hydroxyl groups excluding tert-OH is 1. The lowest BCUT2D eigenvalue weighted by Gasteiger charge is -2.15. The molecule has 0 spiro atoms. The number of rotatable bonds is 4. The van der Waals surface area contributed by atoms with Crippen molar-refractivity contribution in [3.8, 4) is 5.75 Å². The molecule has 20 heavy (non-hydrogen) atoms. The van der Waals surface area contributed by atoms with Crippen LogP contribution in [0.25, 0.3) is 0 Å². The molecule has 0 saturated carbocycles. The van der Waals surface area contributed by atoms with Crippen molar-refractivity contribution >= 4 is 27.5 Å². The number of ether oxygens (including phenoxy) is 1. The minimum Gasteiger partial charge on any atom is -0.496 e. The molecule has 1 N–H and O–H groups in total. The van der Waals surface area contributed by atoms with Gasteiger partial charge in [-0.2, -0.15) is 0 Å². The Labute approximate surface area is 132 Å². The van der Waals surface area contributed by atoms with Crippen LogP contribution >= 0.6 is 27.5 Å². The zero-order valence-corrected chi connectivity index (χ0v) is 13.7. The molecule has 0 aliphatic carbocycles. The number of hydrogen-bond acceptors (Lipinski definition) is 2. The zero-order chi connectivity index (χ0) is 14.7. The van der Waals surface area contributed by atoms with E-state index in [-0.39, 0.29) is 0 Å².